The standard InChI is InChI=1S/C16H22N2O4S/c1-10-4-5-12(11(2)8-10)14(19)9-22-15(20)13(6-7-23-3)18-16(17)21/h4-5,8,13H,6-7,9H2,1-3H3,(H3,17,18,21)/t13-/m0/s1. The van der Waals surface area contributed by atoms with Crippen LogP contribution in [0.15, 0.2) is 18.2 Å². The maximum atomic E-state index is 12.1. The molecule has 0 radical (unpaired) electrons. The summed E-state index contributed by atoms with van der Waals surface area (Å²) in [4.78, 5) is 35.1. The highest BCUT2D eigenvalue weighted by atomic mass is 32.2. The number of nitrogens with two attached hydrogens (primary N) is 1. The van der Waals surface area contributed by atoms with Crippen LogP contribution in [0, 0.1) is 13.8 Å². The molecule has 0 aromatic heterocycles. The number of aryl methyl sites for hydroxylation is 2. The predicted octanol–water partition coefficient (Wildman–Crippen LogP) is 1.82. The molecule has 1 rings (SSSR count). The van der Waals surface area contributed by atoms with E-state index in [0.29, 0.717) is 17.7 Å². The molecule has 0 aliphatic rings. The van der Waals surface area contributed by atoms with Gasteiger partial charge in [0.25, 0.3) is 0 Å². The molecule has 3 N–H and O–H groups in total. The fourth-order valence-corrected chi connectivity index (χ4v) is 2.57. The first kappa shape index (κ1) is 19.0. The number of urea groups is 1. The average molecular weight is 338 g/mol. The van der Waals surface area contributed by atoms with Gasteiger partial charge in [0.05, 0.1) is 0 Å². The van der Waals surface area contributed by atoms with Crippen molar-refractivity contribution in [2.24, 2.45) is 5.73 Å². The molecule has 2 amide bonds. The summed E-state index contributed by atoms with van der Waals surface area (Å²) in [5, 5.41) is 2.34. The van der Waals surface area contributed by atoms with E-state index in [1.54, 1.807) is 6.07 Å². The number of hydrogen-bond donors (Lipinski definition) is 2. The lowest BCUT2D eigenvalue weighted by atomic mass is 10.0. The van der Waals surface area contributed by atoms with Crippen molar-refractivity contribution in [2.75, 3.05) is 18.6 Å². The van der Waals surface area contributed by atoms with E-state index in [-0.39, 0.29) is 12.4 Å². The average Bonchev–Trinajstić information content (AvgIpc) is 2.48. The number of benzene rings is 1. The fraction of sp³-hybridized carbons (Fsp3) is 0.438. The Morgan fingerprint density at radius 3 is 2.57 bits per heavy atom. The smallest absolute Gasteiger partial charge is 0.329 e. The molecule has 6 nitrogen and oxygen atoms in total. The van der Waals surface area contributed by atoms with E-state index in [2.05, 4.69) is 5.32 Å². The molecule has 23 heavy (non-hydrogen) atoms. The van der Waals surface area contributed by atoms with Gasteiger partial charge in [0, 0.05) is 5.56 Å². The molecule has 0 fully saturated rings. The second kappa shape index (κ2) is 9.19. The van der Waals surface area contributed by atoms with Crippen LogP contribution in [0.4, 0.5) is 4.79 Å². The van der Waals surface area contributed by atoms with Gasteiger partial charge in [0.1, 0.15) is 6.04 Å². The van der Waals surface area contributed by atoms with E-state index in [1.807, 2.05) is 32.2 Å². The Morgan fingerprint density at radius 2 is 2.00 bits per heavy atom. The first-order valence-electron chi connectivity index (χ1n) is 7.17. The molecule has 1 atom stereocenters. The number of carbonyl (C=O) groups excluding carboxylic acids is 3. The highest BCUT2D eigenvalue weighted by Gasteiger charge is 2.22. The minimum absolute atomic E-state index is 0.279. The zero-order chi connectivity index (χ0) is 17.4. The summed E-state index contributed by atoms with van der Waals surface area (Å²) in [6.07, 6.45) is 2.27. The van der Waals surface area contributed by atoms with E-state index in [1.165, 1.54) is 11.8 Å². The number of nitrogens with one attached hydrogen (secondary N) is 1. The van der Waals surface area contributed by atoms with Crippen molar-refractivity contribution >= 4 is 29.5 Å². The van der Waals surface area contributed by atoms with Crippen LogP contribution in [0.5, 0.6) is 0 Å². The van der Waals surface area contributed by atoms with Crippen molar-refractivity contribution < 1.29 is 19.1 Å². The van der Waals surface area contributed by atoms with Crippen LogP contribution in [0.25, 0.3) is 0 Å². The molecule has 0 saturated carbocycles. The number of ketones is 1. The van der Waals surface area contributed by atoms with E-state index in [4.69, 9.17) is 10.5 Å². The van der Waals surface area contributed by atoms with Gasteiger partial charge in [0.15, 0.2) is 6.61 Å². The number of esters is 1. The minimum Gasteiger partial charge on any atom is -0.456 e. The van der Waals surface area contributed by atoms with Gasteiger partial charge in [0.2, 0.25) is 5.78 Å². The lowest BCUT2D eigenvalue weighted by molar-refractivity contribution is -0.144. The van der Waals surface area contributed by atoms with Crippen LogP contribution in [0.1, 0.15) is 27.9 Å². The van der Waals surface area contributed by atoms with Gasteiger partial charge in [-0.3, -0.25) is 4.79 Å². The Morgan fingerprint density at radius 1 is 1.30 bits per heavy atom. The van der Waals surface area contributed by atoms with E-state index >= 15 is 0 Å². The summed E-state index contributed by atoms with van der Waals surface area (Å²) in [5.41, 5.74) is 7.46. The summed E-state index contributed by atoms with van der Waals surface area (Å²) >= 11 is 1.53. The second-order valence-electron chi connectivity index (χ2n) is 5.19. The fourth-order valence-electron chi connectivity index (χ4n) is 2.10. The van der Waals surface area contributed by atoms with Gasteiger partial charge >= 0.3 is 12.0 Å². The molecule has 0 heterocycles. The highest BCUT2D eigenvalue weighted by molar-refractivity contribution is 7.98. The van der Waals surface area contributed by atoms with Gasteiger partial charge < -0.3 is 15.8 Å². The van der Waals surface area contributed by atoms with Crippen LogP contribution in [-0.4, -0.2) is 42.4 Å². The third-order valence-corrected chi connectivity index (χ3v) is 3.88. The largest absolute Gasteiger partial charge is 0.456 e. The minimum atomic E-state index is -0.841. The van der Waals surface area contributed by atoms with Crippen molar-refractivity contribution in [2.45, 2.75) is 26.3 Å². The third-order valence-electron chi connectivity index (χ3n) is 3.24. The number of primary amides is 1. The Bertz CT molecular complexity index is 589. The normalized spacial score (nSPS) is 11.6. The third kappa shape index (κ3) is 6.32. The zero-order valence-corrected chi connectivity index (χ0v) is 14.4. The summed E-state index contributed by atoms with van der Waals surface area (Å²) < 4.78 is 5.04. The van der Waals surface area contributed by atoms with Crippen LogP contribution < -0.4 is 11.1 Å². The number of Topliss-reactive ketones (excluding diaryl/α,β-unsaturated/α-hetero) is 1. The van der Waals surface area contributed by atoms with E-state index < -0.39 is 18.0 Å². The molecule has 1 aromatic rings. The molecular formula is C16H22N2O4S. The van der Waals surface area contributed by atoms with Crippen LogP contribution in [-0.2, 0) is 9.53 Å². The van der Waals surface area contributed by atoms with Crippen molar-refractivity contribution in [1.82, 2.24) is 5.32 Å². The van der Waals surface area contributed by atoms with Crippen LogP contribution in [0.3, 0.4) is 0 Å². The maximum Gasteiger partial charge on any atom is 0.329 e. The molecular weight excluding hydrogens is 316 g/mol. The predicted molar refractivity (Wildman–Crippen MR) is 90.7 cm³/mol. The lowest BCUT2D eigenvalue weighted by Gasteiger charge is -2.16. The number of carbonyl (C=O) groups is 3. The molecule has 126 valence electrons. The molecule has 0 unspecified atom stereocenters. The first-order chi connectivity index (χ1) is 10.8. The molecule has 0 saturated heterocycles. The molecule has 0 aliphatic heterocycles. The Balaban J connectivity index is 2.64. The SMILES string of the molecule is CSCC[C@H](NC(N)=O)C(=O)OCC(=O)c1ccc(C)cc1C. The Hall–Kier alpha value is -2.02. The monoisotopic (exact) mass is 338 g/mol. The van der Waals surface area contributed by atoms with Crippen molar-refractivity contribution in [1.29, 1.82) is 0 Å². The molecule has 0 spiro atoms. The second-order valence-corrected chi connectivity index (χ2v) is 6.18. The van der Waals surface area contributed by atoms with Gasteiger partial charge in [-0.15, -0.1) is 0 Å². The number of thioether (sulfide) groups is 1. The molecule has 0 aliphatic carbocycles. The summed E-state index contributed by atoms with van der Waals surface area (Å²) in [6, 6.07) is 3.80. The Labute approximate surface area is 140 Å². The number of amides is 2. The van der Waals surface area contributed by atoms with E-state index in [9.17, 15) is 14.4 Å². The summed E-state index contributed by atoms with van der Waals surface area (Å²) in [7, 11) is 0. The number of rotatable bonds is 8. The quantitative estimate of drug-likeness (QED) is 0.556. The van der Waals surface area contributed by atoms with Gasteiger partial charge in [-0.2, -0.15) is 11.8 Å². The number of hydrogen-bond acceptors (Lipinski definition) is 5. The van der Waals surface area contributed by atoms with Gasteiger partial charge in [-0.25, -0.2) is 9.59 Å². The van der Waals surface area contributed by atoms with Crippen molar-refractivity contribution in [3.8, 4) is 0 Å². The van der Waals surface area contributed by atoms with Crippen molar-refractivity contribution in [3.63, 3.8) is 0 Å². The highest BCUT2D eigenvalue weighted by Crippen LogP contribution is 2.12. The first-order valence-corrected chi connectivity index (χ1v) is 8.56. The maximum absolute atomic E-state index is 12.1. The van der Waals surface area contributed by atoms with Gasteiger partial charge in [-0.05, 0) is 37.8 Å². The molecule has 0 bridgehead atoms. The molecule has 7 heteroatoms. The molecule has 1 aromatic carbocycles. The van der Waals surface area contributed by atoms with Crippen LogP contribution >= 0.6 is 11.8 Å². The number of ether oxygens (including phenoxy) is 1. The zero-order valence-electron chi connectivity index (χ0n) is 13.5. The topological polar surface area (TPSA) is 98.5 Å². The van der Waals surface area contributed by atoms with Gasteiger partial charge in [-0.1, -0.05) is 23.8 Å². The summed E-state index contributed by atoms with van der Waals surface area (Å²) in [6.45, 7) is 3.41. The Kier molecular flexibility index (Phi) is 7.61. The van der Waals surface area contributed by atoms with Crippen molar-refractivity contribution in [3.05, 3.63) is 34.9 Å². The van der Waals surface area contributed by atoms with E-state index in [0.717, 1.165) is 11.1 Å². The van der Waals surface area contributed by atoms with Crippen LogP contribution in [0.2, 0.25) is 0 Å². The summed E-state index contributed by atoms with van der Waals surface area (Å²) in [5.74, 6) is -0.278. The lowest BCUT2D eigenvalue weighted by Crippen LogP contribution is -2.45.